The highest BCUT2D eigenvalue weighted by Gasteiger charge is 2.12. The molecular formula is C11H20N2O3S. The van der Waals surface area contributed by atoms with Gasteiger partial charge in [0.15, 0.2) is 0 Å². The van der Waals surface area contributed by atoms with E-state index in [0.717, 1.165) is 23.4 Å². The van der Waals surface area contributed by atoms with Crippen molar-refractivity contribution in [3.8, 4) is 0 Å². The maximum Gasteiger partial charge on any atom is 0.211 e. The van der Waals surface area contributed by atoms with Crippen LogP contribution >= 0.6 is 0 Å². The molecule has 1 heterocycles. The van der Waals surface area contributed by atoms with Gasteiger partial charge in [-0.05, 0) is 26.7 Å². The molecule has 5 nitrogen and oxygen atoms in total. The van der Waals surface area contributed by atoms with E-state index in [4.69, 9.17) is 4.52 Å². The fourth-order valence-electron chi connectivity index (χ4n) is 1.60. The monoisotopic (exact) mass is 260 g/mol. The summed E-state index contributed by atoms with van der Waals surface area (Å²) < 4.78 is 30.7. The Morgan fingerprint density at radius 1 is 1.35 bits per heavy atom. The normalized spacial score (nSPS) is 11.9. The largest absolute Gasteiger partial charge is 0.361 e. The number of aryl methyl sites for hydroxylation is 2. The summed E-state index contributed by atoms with van der Waals surface area (Å²) in [6.45, 7) is 6.06. The average Bonchev–Trinajstić information content (AvgIpc) is 2.58. The van der Waals surface area contributed by atoms with Crippen molar-refractivity contribution in [1.29, 1.82) is 0 Å². The minimum atomic E-state index is -3.12. The molecule has 1 aromatic heterocycles. The average molecular weight is 260 g/mol. The lowest BCUT2D eigenvalue weighted by atomic mass is 10.1. The first-order chi connectivity index (χ1) is 7.96. The number of nitrogens with one attached hydrogen (secondary N) is 1. The van der Waals surface area contributed by atoms with Crippen LogP contribution in [0.4, 0.5) is 0 Å². The fraction of sp³-hybridized carbons (Fsp3) is 0.727. The van der Waals surface area contributed by atoms with Gasteiger partial charge in [0.05, 0.1) is 11.4 Å². The highest BCUT2D eigenvalue weighted by atomic mass is 32.2. The lowest BCUT2D eigenvalue weighted by Crippen LogP contribution is -2.28. The van der Waals surface area contributed by atoms with Gasteiger partial charge in [0.25, 0.3) is 0 Å². The molecule has 0 aromatic carbocycles. The predicted octanol–water partition coefficient (Wildman–Crippen LogP) is 1.55. The van der Waals surface area contributed by atoms with Gasteiger partial charge in [0.2, 0.25) is 10.0 Å². The van der Waals surface area contributed by atoms with Crippen molar-refractivity contribution in [2.75, 3.05) is 12.3 Å². The number of nitrogens with zero attached hydrogens (tertiary/aromatic N) is 1. The van der Waals surface area contributed by atoms with E-state index in [1.54, 1.807) is 0 Å². The van der Waals surface area contributed by atoms with Crippen LogP contribution in [0, 0.1) is 13.8 Å². The molecule has 6 heteroatoms. The van der Waals surface area contributed by atoms with Crippen LogP contribution in [0.15, 0.2) is 4.52 Å². The maximum absolute atomic E-state index is 11.5. The smallest absolute Gasteiger partial charge is 0.211 e. The summed E-state index contributed by atoms with van der Waals surface area (Å²) in [6, 6.07) is 0. The van der Waals surface area contributed by atoms with Crippen molar-refractivity contribution in [2.24, 2.45) is 0 Å². The molecule has 98 valence electrons. The lowest BCUT2D eigenvalue weighted by molar-refractivity contribution is 0.392. The van der Waals surface area contributed by atoms with Gasteiger partial charge in [0, 0.05) is 12.1 Å². The van der Waals surface area contributed by atoms with Crippen molar-refractivity contribution in [3.05, 3.63) is 17.0 Å². The van der Waals surface area contributed by atoms with Gasteiger partial charge in [0.1, 0.15) is 5.76 Å². The second-order valence-electron chi connectivity index (χ2n) is 4.12. The third-order valence-electron chi connectivity index (χ3n) is 2.64. The second-order valence-corrected chi connectivity index (χ2v) is 6.05. The second kappa shape index (κ2) is 6.16. The molecule has 0 aliphatic carbocycles. The van der Waals surface area contributed by atoms with Gasteiger partial charge in [-0.2, -0.15) is 0 Å². The molecule has 0 saturated carbocycles. The van der Waals surface area contributed by atoms with Crippen LogP contribution in [-0.4, -0.2) is 25.9 Å². The first kappa shape index (κ1) is 14.2. The Kier molecular flexibility index (Phi) is 5.14. The van der Waals surface area contributed by atoms with Gasteiger partial charge in [-0.3, -0.25) is 0 Å². The first-order valence-corrected chi connectivity index (χ1v) is 7.50. The van der Waals surface area contributed by atoms with Crippen molar-refractivity contribution >= 4 is 10.0 Å². The minimum absolute atomic E-state index is 0.200. The molecule has 0 radical (unpaired) electrons. The number of aromatic nitrogens is 1. The van der Waals surface area contributed by atoms with Gasteiger partial charge in [-0.25, -0.2) is 13.1 Å². The van der Waals surface area contributed by atoms with Crippen LogP contribution in [-0.2, 0) is 16.4 Å². The predicted molar refractivity (Wildman–Crippen MR) is 66.4 cm³/mol. The molecule has 17 heavy (non-hydrogen) atoms. The van der Waals surface area contributed by atoms with E-state index in [1.807, 2.05) is 20.8 Å². The summed E-state index contributed by atoms with van der Waals surface area (Å²) in [5.41, 5.74) is 1.82. The summed E-state index contributed by atoms with van der Waals surface area (Å²) >= 11 is 0. The quantitative estimate of drug-likeness (QED) is 0.807. The third-order valence-corrected chi connectivity index (χ3v) is 4.11. The Balaban J connectivity index is 2.43. The van der Waals surface area contributed by atoms with E-state index in [9.17, 15) is 8.42 Å². The molecular weight excluding hydrogens is 240 g/mol. The zero-order chi connectivity index (χ0) is 12.9. The summed E-state index contributed by atoms with van der Waals surface area (Å²) in [6.07, 6.45) is 2.19. The van der Waals surface area contributed by atoms with E-state index < -0.39 is 10.0 Å². The Morgan fingerprint density at radius 3 is 2.59 bits per heavy atom. The third kappa shape index (κ3) is 4.47. The molecule has 0 fully saturated rings. The van der Waals surface area contributed by atoms with Crippen LogP contribution in [0.2, 0.25) is 0 Å². The number of unbranched alkanes of at least 4 members (excludes halogenated alkanes) is 1. The first-order valence-electron chi connectivity index (χ1n) is 5.85. The zero-order valence-electron chi connectivity index (χ0n) is 10.6. The Bertz CT molecular complexity index is 432. The van der Waals surface area contributed by atoms with Gasteiger partial charge < -0.3 is 4.52 Å². The zero-order valence-corrected chi connectivity index (χ0v) is 11.4. The van der Waals surface area contributed by atoms with E-state index >= 15 is 0 Å². The van der Waals surface area contributed by atoms with E-state index in [2.05, 4.69) is 9.88 Å². The minimum Gasteiger partial charge on any atom is -0.361 e. The van der Waals surface area contributed by atoms with Crippen molar-refractivity contribution < 1.29 is 12.9 Å². The molecule has 1 rings (SSSR count). The summed E-state index contributed by atoms with van der Waals surface area (Å²) in [7, 11) is -3.12. The highest BCUT2D eigenvalue weighted by Crippen LogP contribution is 2.12. The van der Waals surface area contributed by atoms with Gasteiger partial charge in [-0.1, -0.05) is 18.5 Å². The van der Waals surface area contributed by atoms with Crippen LogP contribution in [0.1, 0.15) is 36.8 Å². The Labute approximate surface area is 103 Å². The molecule has 0 aliphatic heterocycles. The van der Waals surface area contributed by atoms with Crippen LogP contribution < -0.4 is 4.72 Å². The summed E-state index contributed by atoms with van der Waals surface area (Å²) in [5, 5.41) is 3.83. The maximum atomic E-state index is 11.5. The molecule has 0 aliphatic rings. The Hall–Kier alpha value is -0.880. The summed E-state index contributed by atoms with van der Waals surface area (Å²) in [4.78, 5) is 0. The fourth-order valence-corrected chi connectivity index (χ4v) is 2.82. The molecule has 0 atom stereocenters. The number of rotatable bonds is 7. The van der Waals surface area contributed by atoms with Crippen LogP contribution in [0.25, 0.3) is 0 Å². The molecule has 1 aromatic rings. The molecule has 0 bridgehead atoms. The van der Waals surface area contributed by atoms with Crippen LogP contribution in [0.5, 0.6) is 0 Å². The van der Waals surface area contributed by atoms with E-state index in [0.29, 0.717) is 19.4 Å². The Morgan fingerprint density at radius 2 is 2.06 bits per heavy atom. The topological polar surface area (TPSA) is 72.2 Å². The lowest BCUT2D eigenvalue weighted by Gasteiger charge is -2.05. The molecule has 0 unspecified atom stereocenters. The molecule has 0 spiro atoms. The van der Waals surface area contributed by atoms with Crippen molar-refractivity contribution in [1.82, 2.24) is 9.88 Å². The highest BCUT2D eigenvalue weighted by molar-refractivity contribution is 7.89. The number of hydrogen-bond donors (Lipinski definition) is 1. The molecule has 0 amide bonds. The number of hydrogen-bond acceptors (Lipinski definition) is 4. The van der Waals surface area contributed by atoms with Crippen molar-refractivity contribution in [3.63, 3.8) is 0 Å². The molecule has 1 N–H and O–H groups in total. The van der Waals surface area contributed by atoms with E-state index in [1.165, 1.54) is 0 Å². The molecule has 0 saturated heterocycles. The number of sulfonamides is 1. The summed E-state index contributed by atoms with van der Waals surface area (Å²) in [5.74, 6) is 0.959. The van der Waals surface area contributed by atoms with Gasteiger partial charge in [-0.15, -0.1) is 0 Å². The standard InChI is InChI=1S/C11H20N2O3S/c1-4-5-8-17(14,15)12-7-6-11-9(2)13-16-10(11)3/h12H,4-8H2,1-3H3. The SMILES string of the molecule is CCCCS(=O)(=O)NCCc1c(C)noc1C. The van der Waals surface area contributed by atoms with E-state index in [-0.39, 0.29) is 5.75 Å². The van der Waals surface area contributed by atoms with Gasteiger partial charge >= 0.3 is 0 Å². The van der Waals surface area contributed by atoms with Crippen LogP contribution in [0.3, 0.4) is 0 Å². The van der Waals surface area contributed by atoms with Crippen molar-refractivity contribution in [2.45, 2.75) is 40.0 Å².